The van der Waals surface area contributed by atoms with E-state index in [0.29, 0.717) is 19.6 Å². The highest BCUT2D eigenvalue weighted by molar-refractivity contribution is 5.73. The Hall–Kier alpha value is -1.88. The van der Waals surface area contributed by atoms with Crippen LogP contribution in [0.2, 0.25) is 0 Å². The number of carbonyl (C=O) groups is 2. The van der Waals surface area contributed by atoms with Crippen LogP contribution in [-0.4, -0.2) is 43.6 Å². The summed E-state index contributed by atoms with van der Waals surface area (Å²) < 4.78 is 9.99. The summed E-state index contributed by atoms with van der Waals surface area (Å²) in [5.74, 6) is -0.484. The second kappa shape index (κ2) is 8.11. The highest BCUT2D eigenvalue weighted by atomic mass is 16.5. The largest absolute Gasteiger partial charge is 0.469 e. The molecule has 1 aromatic carbocycles. The highest BCUT2D eigenvalue weighted by Gasteiger charge is 2.39. The molecule has 0 aliphatic carbocycles. The number of carbonyl (C=O) groups excluding carboxylic acids is 2. The number of rotatable bonds is 6. The van der Waals surface area contributed by atoms with Crippen molar-refractivity contribution in [1.29, 1.82) is 0 Å². The second-order valence-corrected chi connectivity index (χ2v) is 6.06. The van der Waals surface area contributed by atoms with Gasteiger partial charge in [0, 0.05) is 26.1 Å². The molecule has 1 heterocycles. The van der Waals surface area contributed by atoms with E-state index in [9.17, 15) is 9.59 Å². The number of hydrogen-bond acceptors (Lipinski definition) is 5. The van der Waals surface area contributed by atoms with E-state index in [1.54, 1.807) is 0 Å². The molecule has 0 unspecified atom stereocenters. The van der Waals surface area contributed by atoms with Crippen LogP contribution in [0.3, 0.4) is 0 Å². The molecule has 5 heteroatoms. The van der Waals surface area contributed by atoms with Crippen molar-refractivity contribution in [3.63, 3.8) is 0 Å². The van der Waals surface area contributed by atoms with Gasteiger partial charge in [0.05, 0.1) is 19.6 Å². The SMILES string of the molecule is COC(=O)[C@H]1CN([C@@H](C)c2ccccc2)C[C@H]1CCOC(C)=O. The molecule has 1 aromatic rings. The maximum atomic E-state index is 12.1. The predicted octanol–water partition coefficient (Wildman–Crippen LogP) is 2.42. The molecular weight excluding hydrogens is 294 g/mol. The molecule has 1 aliphatic rings. The molecular formula is C18H25NO4. The van der Waals surface area contributed by atoms with Gasteiger partial charge in [-0.15, -0.1) is 0 Å². The van der Waals surface area contributed by atoms with Crippen LogP contribution in [0.5, 0.6) is 0 Å². The smallest absolute Gasteiger partial charge is 0.310 e. The van der Waals surface area contributed by atoms with Gasteiger partial charge in [0.2, 0.25) is 0 Å². The number of benzene rings is 1. The van der Waals surface area contributed by atoms with Crippen LogP contribution in [-0.2, 0) is 19.1 Å². The first kappa shape index (κ1) is 17.5. The maximum Gasteiger partial charge on any atom is 0.310 e. The summed E-state index contributed by atoms with van der Waals surface area (Å²) in [7, 11) is 1.43. The summed E-state index contributed by atoms with van der Waals surface area (Å²) in [4.78, 5) is 25.3. The fraction of sp³-hybridized carbons (Fsp3) is 0.556. The van der Waals surface area contributed by atoms with Crippen molar-refractivity contribution in [2.45, 2.75) is 26.3 Å². The predicted molar refractivity (Wildman–Crippen MR) is 86.7 cm³/mol. The van der Waals surface area contributed by atoms with Gasteiger partial charge in [-0.1, -0.05) is 30.3 Å². The number of methoxy groups -OCH3 is 1. The number of ether oxygens (including phenoxy) is 2. The lowest BCUT2D eigenvalue weighted by atomic mass is 9.93. The van der Waals surface area contributed by atoms with Gasteiger partial charge in [0.25, 0.3) is 0 Å². The lowest BCUT2D eigenvalue weighted by Gasteiger charge is -2.24. The van der Waals surface area contributed by atoms with E-state index in [4.69, 9.17) is 9.47 Å². The Bertz CT molecular complexity index is 531. The molecule has 0 N–H and O–H groups in total. The molecule has 0 bridgehead atoms. The van der Waals surface area contributed by atoms with Crippen LogP contribution in [0.4, 0.5) is 0 Å². The van der Waals surface area contributed by atoms with Gasteiger partial charge in [-0.2, -0.15) is 0 Å². The molecule has 1 aliphatic heterocycles. The fourth-order valence-corrected chi connectivity index (χ4v) is 3.23. The van der Waals surface area contributed by atoms with Crippen molar-refractivity contribution >= 4 is 11.9 Å². The molecule has 0 amide bonds. The zero-order chi connectivity index (χ0) is 16.8. The first-order valence-electron chi connectivity index (χ1n) is 8.03. The fourth-order valence-electron chi connectivity index (χ4n) is 3.23. The lowest BCUT2D eigenvalue weighted by Crippen LogP contribution is -2.27. The molecule has 1 saturated heterocycles. The van der Waals surface area contributed by atoms with Crippen LogP contribution < -0.4 is 0 Å². The van der Waals surface area contributed by atoms with Gasteiger partial charge in [0.1, 0.15) is 0 Å². The van der Waals surface area contributed by atoms with Gasteiger partial charge < -0.3 is 9.47 Å². The molecule has 0 saturated carbocycles. The quantitative estimate of drug-likeness (QED) is 0.754. The minimum Gasteiger partial charge on any atom is -0.469 e. The standard InChI is InChI=1S/C18H25NO4/c1-13(15-7-5-4-6-8-15)19-11-16(9-10-23-14(2)20)17(12-19)18(21)22-3/h4-8,13,16-17H,9-12H2,1-3H3/t13-,16+,17-/m0/s1. The van der Waals surface area contributed by atoms with Crippen LogP contribution in [0.1, 0.15) is 31.9 Å². The van der Waals surface area contributed by atoms with Gasteiger partial charge in [-0.05, 0) is 24.8 Å². The molecule has 0 aromatic heterocycles. The van der Waals surface area contributed by atoms with E-state index >= 15 is 0 Å². The number of nitrogens with zero attached hydrogens (tertiary/aromatic N) is 1. The van der Waals surface area contributed by atoms with Crippen LogP contribution in [0, 0.1) is 11.8 Å². The number of esters is 2. The highest BCUT2D eigenvalue weighted by Crippen LogP contribution is 2.33. The summed E-state index contributed by atoms with van der Waals surface area (Å²) in [6.45, 7) is 5.37. The van der Waals surface area contributed by atoms with Crippen molar-refractivity contribution in [3.8, 4) is 0 Å². The summed E-state index contributed by atoms with van der Waals surface area (Å²) in [5, 5.41) is 0. The van der Waals surface area contributed by atoms with E-state index in [0.717, 1.165) is 6.54 Å². The van der Waals surface area contributed by atoms with Crippen molar-refractivity contribution in [2.75, 3.05) is 26.8 Å². The van der Waals surface area contributed by atoms with Crippen LogP contribution >= 0.6 is 0 Å². The third-order valence-corrected chi connectivity index (χ3v) is 4.60. The van der Waals surface area contributed by atoms with E-state index in [2.05, 4.69) is 24.0 Å². The minimum atomic E-state index is -0.285. The lowest BCUT2D eigenvalue weighted by molar-refractivity contribution is -0.146. The first-order chi connectivity index (χ1) is 11.0. The zero-order valence-electron chi connectivity index (χ0n) is 14.0. The molecule has 5 nitrogen and oxygen atoms in total. The summed E-state index contributed by atoms with van der Waals surface area (Å²) >= 11 is 0. The Morgan fingerprint density at radius 3 is 2.57 bits per heavy atom. The van der Waals surface area contributed by atoms with Crippen molar-refractivity contribution in [3.05, 3.63) is 35.9 Å². The summed E-state index contributed by atoms with van der Waals surface area (Å²) in [6.07, 6.45) is 0.678. The van der Waals surface area contributed by atoms with E-state index < -0.39 is 0 Å². The summed E-state index contributed by atoms with van der Waals surface area (Å²) in [5.41, 5.74) is 1.23. The Kier molecular flexibility index (Phi) is 6.16. The molecule has 0 spiro atoms. The molecule has 3 atom stereocenters. The van der Waals surface area contributed by atoms with Crippen LogP contribution in [0.25, 0.3) is 0 Å². The minimum absolute atomic E-state index is 0.146. The average molecular weight is 319 g/mol. The van der Waals surface area contributed by atoms with Crippen molar-refractivity contribution < 1.29 is 19.1 Å². The number of likely N-dealkylation sites (tertiary alicyclic amines) is 1. The first-order valence-corrected chi connectivity index (χ1v) is 8.03. The zero-order valence-corrected chi connectivity index (χ0v) is 14.0. The van der Waals surface area contributed by atoms with E-state index in [-0.39, 0.29) is 29.8 Å². The van der Waals surface area contributed by atoms with Gasteiger partial charge in [-0.3, -0.25) is 14.5 Å². The van der Waals surface area contributed by atoms with Crippen LogP contribution in [0.15, 0.2) is 30.3 Å². The Labute approximate surface area is 137 Å². The van der Waals surface area contributed by atoms with E-state index in [1.807, 2.05) is 18.2 Å². The molecule has 1 fully saturated rings. The van der Waals surface area contributed by atoms with Crippen molar-refractivity contribution in [1.82, 2.24) is 4.90 Å². The molecule has 23 heavy (non-hydrogen) atoms. The van der Waals surface area contributed by atoms with Gasteiger partial charge in [0.15, 0.2) is 0 Å². The molecule has 126 valence electrons. The number of hydrogen-bond donors (Lipinski definition) is 0. The monoisotopic (exact) mass is 319 g/mol. The van der Waals surface area contributed by atoms with Crippen molar-refractivity contribution in [2.24, 2.45) is 11.8 Å². The maximum absolute atomic E-state index is 12.1. The Balaban J connectivity index is 2.03. The Morgan fingerprint density at radius 1 is 1.26 bits per heavy atom. The topological polar surface area (TPSA) is 55.8 Å². The normalized spacial score (nSPS) is 22.6. The van der Waals surface area contributed by atoms with Gasteiger partial charge >= 0.3 is 11.9 Å². The summed E-state index contributed by atoms with van der Waals surface area (Å²) in [6, 6.07) is 10.5. The van der Waals surface area contributed by atoms with Gasteiger partial charge in [-0.25, -0.2) is 0 Å². The molecule has 0 radical (unpaired) electrons. The Morgan fingerprint density at radius 2 is 1.96 bits per heavy atom. The second-order valence-electron chi connectivity index (χ2n) is 6.06. The third-order valence-electron chi connectivity index (χ3n) is 4.60. The third kappa shape index (κ3) is 4.55. The average Bonchev–Trinajstić information content (AvgIpc) is 2.98. The van der Waals surface area contributed by atoms with E-state index in [1.165, 1.54) is 19.6 Å². The molecule has 2 rings (SSSR count).